The highest BCUT2D eigenvalue weighted by atomic mass is 16.3. The molecule has 0 bridgehead atoms. The third-order valence-electron chi connectivity index (χ3n) is 3.45. The summed E-state index contributed by atoms with van der Waals surface area (Å²) in [5, 5.41) is 4.76. The second-order valence-electron chi connectivity index (χ2n) is 5.30. The van der Waals surface area contributed by atoms with E-state index in [2.05, 4.69) is 52.1 Å². The first kappa shape index (κ1) is 13.2. The molecule has 0 atom stereocenters. The van der Waals surface area contributed by atoms with Crippen molar-refractivity contribution in [2.45, 2.75) is 53.6 Å². The maximum Gasteiger partial charge on any atom is 0.137 e. The van der Waals surface area contributed by atoms with Gasteiger partial charge in [0, 0.05) is 17.0 Å². The summed E-state index contributed by atoms with van der Waals surface area (Å²) in [4.78, 5) is 0. The molecule has 0 fully saturated rings. The Morgan fingerprint density at radius 1 is 1.17 bits per heavy atom. The van der Waals surface area contributed by atoms with Gasteiger partial charge in [-0.2, -0.15) is 0 Å². The molecular weight excluding hydrogens is 222 g/mol. The molecule has 0 aliphatic heterocycles. The van der Waals surface area contributed by atoms with Gasteiger partial charge in [-0.1, -0.05) is 32.9 Å². The van der Waals surface area contributed by atoms with Crippen molar-refractivity contribution in [2.75, 3.05) is 0 Å². The SMILES string of the molecule is CCc1c(CNC(C)C)oc2c(C)ccc(C)c12. The Bertz CT molecular complexity index is 552. The van der Waals surface area contributed by atoms with Crippen molar-refractivity contribution in [1.82, 2.24) is 5.32 Å². The lowest BCUT2D eigenvalue weighted by atomic mass is 10.0. The minimum Gasteiger partial charge on any atom is -0.459 e. The molecule has 0 unspecified atom stereocenters. The van der Waals surface area contributed by atoms with Crippen LogP contribution in [0.4, 0.5) is 0 Å². The number of furan rings is 1. The summed E-state index contributed by atoms with van der Waals surface area (Å²) in [6, 6.07) is 4.80. The second-order valence-corrected chi connectivity index (χ2v) is 5.30. The third kappa shape index (κ3) is 2.30. The summed E-state index contributed by atoms with van der Waals surface area (Å²) in [5.74, 6) is 1.10. The fourth-order valence-corrected chi connectivity index (χ4v) is 2.43. The molecule has 98 valence electrons. The smallest absolute Gasteiger partial charge is 0.137 e. The van der Waals surface area contributed by atoms with Crippen LogP contribution in [0.1, 0.15) is 43.2 Å². The van der Waals surface area contributed by atoms with Gasteiger partial charge in [-0.25, -0.2) is 0 Å². The number of benzene rings is 1. The Labute approximate surface area is 109 Å². The van der Waals surface area contributed by atoms with E-state index in [9.17, 15) is 0 Å². The Morgan fingerprint density at radius 3 is 2.44 bits per heavy atom. The van der Waals surface area contributed by atoms with Crippen molar-refractivity contribution < 1.29 is 4.42 Å². The van der Waals surface area contributed by atoms with Crippen molar-refractivity contribution in [2.24, 2.45) is 0 Å². The maximum atomic E-state index is 6.09. The molecule has 18 heavy (non-hydrogen) atoms. The predicted octanol–water partition coefficient (Wildman–Crippen LogP) is 4.11. The Morgan fingerprint density at radius 2 is 1.83 bits per heavy atom. The topological polar surface area (TPSA) is 25.2 Å². The Hall–Kier alpha value is -1.28. The molecule has 2 heteroatoms. The monoisotopic (exact) mass is 245 g/mol. The van der Waals surface area contributed by atoms with Crippen molar-refractivity contribution in [3.8, 4) is 0 Å². The first-order valence-electron chi connectivity index (χ1n) is 6.78. The Balaban J connectivity index is 2.54. The van der Waals surface area contributed by atoms with Crippen LogP contribution in [-0.4, -0.2) is 6.04 Å². The van der Waals surface area contributed by atoms with Crippen LogP contribution in [0.25, 0.3) is 11.0 Å². The number of fused-ring (bicyclic) bond motifs is 1. The molecule has 0 aliphatic rings. The summed E-state index contributed by atoms with van der Waals surface area (Å²) in [5.41, 5.74) is 4.96. The van der Waals surface area contributed by atoms with Crippen LogP contribution in [-0.2, 0) is 13.0 Å². The van der Waals surface area contributed by atoms with E-state index in [4.69, 9.17) is 4.42 Å². The Kier molecular flexibility index (Phi) is 3.76. The standard InChI is InChI=1S/C16H23NO/c1-6-13-14(9-17-10(2)3)18-16-12(5)8-7-11(4)15(13)16/h7-8,10,17H,6,9H2,1-5H3. The lowest BCUT2D eigenvalue weighted by molar-refractivity contribution is 0.483. The van der Waals surface area contributed by atoms with Crippen molar-refractivity contribution in [3.63, 3.8) is 0 Å². The van der Waals surface area contributed by atoms with Crippen molar-refractivity contribution in [3.05, 3.63) is 34.6 Å². The molecule has 0 amide bonds. The van der Waals surface area contributed by atoms with Gasteiger partial charge in [-0.05, 0) is 31.4 Å². The minimum absolute atomic E-state index is 0.477. The van der Waals surface area contributed by atoms with Crippen molar-refractivity contribution >= 4 is 11.0 Å². The van der Waals surface area contributed by atoms with E-state index in [1.807, 2.05) is 0 Å². The minimum atomic E-state index is 0.477. The zero-order valence-electron chi connectivity index (χ0n) is 12.1. The molecule has 1 N–H and O–H groups in total. The number of aryl methyl sites for hydroxylation is 3. The normalized spacial score (nSPS) is 11.7. The lowest BCUT2D eigenvalue weighted by Crippen LogP contribution is -2.22. The van der Waals surface area contributed by atoms with E-state index in [-0.39, 0.29) is 0 Å². The van der Waals surface area contributed by atoms with E-state index >= 15 is 0 Å². The van der Waals surface area contributed by atoms with Crippen LogP contribution in [0.5, 0.6) is 0 Å². The molecule has 1 heterocycles. The summed E-state index contributed by atoms with van der Waals surface area (Å²) in [6.07, 6.45) is 1.02. The summed E-state index contributed by atoms with van der Waals surface area (Å²) < 4.78 is 6.09. The molecule has 1 aromatic carbocycles. The highest BCUT2D eigenvalue weighted by molar-refractivity contribution is 5.88. The number of hydrogen-bond acceptors (Lipinski definition) is 2. The molecular formula is C16H23NO. The van der Waals surface area contributed by atoms with E-state index in [1.165, 1.54) is 22.1 Å². The molecule has 0 radical (unpaired) electrons. The second kappa shape index (κ2) is 5.15. The highest BCUT2D eigenvalue weighted by Gasteiger charge is 2.15. The van der Waals surface area contributed by atoms with Gasteiger partial charge in [0.25, 0.3) is 0 Å². The fraction of sp³-hybridized carbons (Fsp3) is 0.500. The van der Waals surface area contributed by atoms with Gasteiger partial charge >= 0.3 is 0 Å². The predicted molar refractivity (Wildman–Crippen MR) is 77.0 cm³/mol. The summed E-state index contributed by atoms with van der Waals surface area (Å²) in [7, 11) is 0. The average Bonchev–Trinajstić information content (AvgIpc) is 2.71. The van der Waals surface area contributed by atoms with Crippen LogP contribution in [0.2, 0.25) is 0 Å². The molecule has 1 aromatic heterocycles. The number of hydrogen-bond donors (Lipinski definition) is 1. The van der Waals surface area contributed by atoms with Gasteiger partial charge in [0.05, 0.1) is 6.54 Å². The first-order valence-corrected chi connectivity index (χ1v) is 6.78. The number of rotatable bonds is 4. The molecule has 2 aromatic rings. The molecule has 2 rings (SSSR count). The van der Waals surface area contributed by atoms with Crippen LogP contribution in [0.3, 0.4) is 0 Å². The molecule has 0 spiro atoms. The fourth-order valence-electron chi connectivity index (χ4n) is 2.43. The zero-order valence-corrected chi connectivity index (χ0v) is 12.1. The van der Waals surface area contributed by atoms with Gasteiger partial charge in [-0.3, -0.25) is 0 Å². The highest BCUT2D eigenvalue weighted by Crippen LogP contribution is 2.31. The molecule has 0 saturated heterocycles. The average molecular weight is 245 g/mol. The van der Waals surface area contributed by atoms with Gasteiger partial charge in [-0.15, -0.1) is 0 Å². The maximum absolute atomic E-state index is 6.09. The van der Waals surface area contributed by atoms with Crippen LogP contribution in [0.15, 0.2) is 16.5 Å². The lowest BCUT2D eigenvalue weighted by Gasteiger charge is -2.07. The largest absolute Gasteiger partial charge is 0.459 e. The zero-order chi connectivity index (χ0) is 13.3. The van der Waals surface area contributed by atoms with Gasteiger partial charge in [0.15, 0.2) is 0 Å². The van der Waals surface area contributed by atoms with Gasteiger partial charge in [0.2, 0.25) is 0 Å². The van der Waals surface area contributed by atoms with E-state index in [0.717, 1.165) is 24.3 Å². The molecule has 0 saturated carbocycles. The van der Waals surface area contributed by atoms with Gasteiger partial charge in [0.1, 0.15) is 11.3 Å². The summed E-state index contributed by atoms with van der Waals surface area (Å²) >= 11 is 0. The van der Waals surface area contributed by atoms with Crippen LogP contribution >= 0.6 is 0 Å². The van der Waals surface area contributed by atoms with Crippen LogP contribution < -0.4 is 5.32 Å². The van der Waals surface area contributed by atoms with Crippen molar-refractivity contribution in [1.29, 1.82) is 0 Å². The first-order chi connectivity index (χ1) is 8.54. The quantitative estimate of drug-likeness (QED) is 0.877. The molecule has 2 nitrogen and oxygen atoms in total. The van der Waals surface area contributed by atoms with E-state index < -0.39 is 0 Å². The summed E-state index contributed by atoms with van der Waals surface area (Å²) in [6.45, 7) is 11.6. The van der Waals surface area contributed by atoms with E-state index in [1.54, 1.807) is 0 Å². The number of nitrogens with one attached hydrogen (secondary N) is 1. The molecule has 0 aliphatic carbocycles. The third-order valence-corrected chi connectivity index (χ3v) is 3.45. The van der Waals surface area contributed by atoms with Gasteiger partial charge < -0.3 is 9.73 Å². The van der Waals surface area contributed by atoms with Crippen LogP contribution in [0, 0.1) is 13.8 Å². The van der Waals surface area contributed by atoms with E-state index in [0.29, 0.717) is 6.04 Å².